The lowest BCUT2D eigenvalue weighted by Crippen LogP contribution is -2.01. The summed E-state index contributed by atoms with van der Waals surface area (Å²) in [5.74, 6) is 0.536. The maximum absolute atomic E-state index is 7.60. The third-order valence-corrected chi connectivity index (χ3v) is 3.58. The minimum absolute atomic E-state index is 0.457. The van der Waals surface area contributed by atoms with Crippen molar-refractivity contribution in [3.05, 3.63) is 72.3 Å². The van der Waals surface area contributed by atoms with E-state index in [1.807, 2.05) is 42.5 Å². The van der Waals surface area contributed by atoms with Gasteiger partial charge in [0, 0.05) is 54.3 Å². The smallest absolute Gasteiger partial charge is 0.214 e. The Balaban J connectivity index is 1.94. The van der Waals surface area contributed by atoms with Crippen LogP contribution < -0.4 is 10.1 Å². The van der Waals surface area contributed by atoms with Crippen molar-refractivity contribution in [2.24, 2.45) is 0 Å². The molecule has 0 spiro atoms. The van der Waals surface area contributed by atoms with E-state index < -0.39 is 0 Å². The molecule has 5 heteroatoms. The largest absolute Gasteiger partial charge is 0.473 e. The second-order valence-corrected chi connectivity index (χ2v) is 5.21. The Morgan fingerprint density at radius 3 is 2.79 bits per heavy atom. The molecular weight excluding hydrogens is 300 g/mol. The molecule has 0 aliphatic carbocycles. The van der Waals surface area contributed by atoms with Gasteiger partial charge in [0.25, 0.3) is 0 Å². The van der Waals surface area contributed by atoms with Crippen molar-refractivity contribution in [1.82, 2.24) is 15.3 Å². The highest BCUT2D eigenvalue weighted by Gasteiger charge is 2.08. The number of hydrogen-bond acceptors (Lipinski definition) is 5. The zero-order valence-corrected chi connectivity index (χ0v) is 13.4. The molecule has 0 atom stereocenters. The fraction of sp³-hybridized carbons (Fsp3) is 0.105. The van der Waals surface area contributed by atoms with Gasteiger partial charge in [-0.1, -0.05) is 30.3 Å². The van der Waals surface area contributed by atoms with Gasteiger partial charge in [-0.15, -0.1) is 0 Å². The zero-order chi connectivity index (χ0) is 16.8. The van der Waals surface area contributed by atoms with Crippen LogP contribution >= 0.6 is 0 Å². The monoisotopic (exact) mass is 318 g/mol. The fourth-order valence-corrected chi connectivity index (χ4v) is 2.42. The molecule has 2 aromatic heterocycles. The fourth-order valence-electron chi connectivity index (χ4n) is 2.42. The molecule has 0 aliphatic heterocycles. The lowest BCUT2D eigenvalue weighted by molar-refractivity contribution is 0.294. The van der Waals surface area contributed by atoms with Crippen LogP contribution in [0, 0.1) is 5.41 Å². The third-order valence-electron chi connectivity index (χ3n) is 3.58. The van der Waals surface area contributed by atoms with Crippen LogP contribution in [-0.4, -0.2) is 23.2 Å². The summed E-state index contributed by atoms with van der Waals surface area (Å²) in [7, 11) is 1.80. The van der Waals surface area contributed by atoms with Crippen molar-refractivity contribution >= 4 is 22.6 Å². The van der Waals surface area contributed by atoms with E-state index in [4.69, 9.17) is 10.1 Å². The van der Waals surface area contributed by atoms with Gasteiger partial charge in [0.1, 0.15) is 6.61 Å². The van der Waals surface area contributed by atoms with E-state index in [-0.39, 0.29) is 0 Å². The highest BCUT2D eigenvalue weighted by Crippen LogP contribution is 2.24. The van der Waals surface area contributed by atoms with Gasteiger partial charge in [-0.25, -0.2) is 4.98 Å². The van der Waals surface area contributed by atoms with Crippen LogP contribution in [0.5, 0.6) is 5.88 Å². The molecule has 3 rings (SSSR count). The van der Waals surface area contributed by atoms with Crippen molar-refractivity contribution in [2.45, 2.75) is 6.61 Å². The van der Waals surface area contributed by atoms with Gasteiger partial charge in [0.05, 0.1) is 5.69 Å². The van der Waals surface area contributed by atoms with Crippen molar-refractivity contribution in [1.29, 1.82) is 5.41 Å². The van der Waals surface area contributed by atoms with Gasteiger partial charge in [-0.2, -0.15) is 0 Å². The van der Waals surface area contributed by atoms with Crippen molar-refractivity contribution in [3.8, 4) is 5.88 Å². The van der Waals surface area contributed by atoms with Crippen molar-refractivity contribution in [3.63, 3.8) is 0 Å². The molecule has 2 heterocycles. The summed E-state index contributed by atoms with van der Waals surface area (Å²) < 4.78 is 5.80. The van der Waals surface area contributed by atoms with Gasteiger partial charge in [0.2, 0.25) is 5.88 Å². The number of ether oxygens (including phenoxy) is 1. The summed E-state index contributed by atoms with van der Waals surface area (Å²) in [5, 5.41) is 12.4. The summed E-state index contributed by atoms with van der Waals surface area (Å²) in [5.41, 5.74) is 2.51. The molecule has 24 heavy (non-hydrogen) atoms. The summed E-state index contributed by atoms with van der Waals surface area (Å²) in [6, 6.07) is 13.7. The quantitative estimate of drug-likeness (QED) is 0.683. The van der Waals surface area contributed by atoms with Crippen LogP contribution in [0.1, 0.15) is 11.3 Å². The zero-order valence-electron chi connectivity index (χ0n) is 13.4. The predicted octanol–water partition coefficient (Wildman–Crippen LogP) is 3.42. The molecule has 0 radical (unpaired) electrons. The van der Waals surface area contributed by atoms with E-state index in [1.54, 1.807) is 25.6 Å². The molecule has 0 fully saturated rings. The summed E-state index contributed by atoms with van der Waals surface area (Å²) in [4.78, 5) is 8.77. The number of aromatic nitrogens is 2. The van der Waals surface area contributed by atoms with Gasteiger partial charge in [0.15, 0.2) is 0 Å². The standard InChI is InChI=1S/C19H18N4O/c1-21-11-16(10-20)19-17-9-18(23-12-15(17)7-8-22-19)24-13-14-5-3-2-4-6-14/h2-12,20-21H,13H2,1H3/b16-11+,20-10?. The molecule has 0 saturated heterocycles. The van der Waals surface area contributed by atoms with Crippen LogP contribution in [-0.2, 0) is 6.61 Å². The first-order chi connectivity index (χ1) is 11.8. The van der Waals surface area contributed by atoms with Crippen LogP contribution in [0.25, 0.3) is 16.3 Å². The lowest BCUT2D eigenvalue weighted by Gasteiger charge is -2.09. The molecule has 0 saturated carbocycles. The number of pyridine rings is 2. The number of nitrogens with one attached hydrogen (secondary N) is 2. The number of fused-ring (bicyclic) bond motifs is 1. The van der Waals surface area contributed by atoms with Crippen molar-refractivity contribution < 1.29 is 4.74 Å². The maximum atomic E-state index is 7.60. The molecule has 5 nitrogen and oxygen atoms in total. The highest BCUT2D eigenvalue weighted by molar-refractivity contribution is 6.12. The molecule has 0 amide bonds. The predicted molar refractivity (Wildman–Crippen MR) is 96.1 cm³/mol. The van der Waals surface area contributed by atoms with Gasteiger partial charge >= 0.3 is 0 Å². The second-order valence-electron chi connectivity index (χ2n) is 5.21. The number of allylic oxidation sites excluding steroid dienone is 1. The van der Waals surface area contributed by atoms with Gasteiger partial charge in [-0.05, 0) is 11.6 Å². The number of hydrogen-bond donors (Lipinski definition) is 2. The van der Waals surface area contributed by atoms with Crippen LogP contribution in [0.2, 0.25) is 0 Å². The van der Waals surface area contributed by atoms with E-state index in [1.165, 1.54) is 6.21 Å². The lowest BCUT2D eigenvalue weighted by atomic mass is 10.1. The molecule has 3 aromatic rings. The maximum Gasteiger partial charge on any atom is 0.214 e. The minimum atomic E-state index is 0.457. The first-order valence-electron chi connectivity index (χ1n) is 7.61. The Kier molecular flexibility index (Phi) is 4.81. The molecule has 0 aliphatic rings. The topological polar surface area (TPSA) is 70.9 Å². The molecule has 1 aromatic carbocycles. The molecular formula is C19H18N4O. The van der Waals surface area contributed by atoms with Gasteiger partial charge in [-0.3, -0.25) is 4.98 Å². The van der Waals surface area contributed by atoms with E-state index in [0.29, 0.717) is 18.1 Å². The Bertz CT molecular complexity index is 875. The minimum Gasteiger partial charge on any atom is -0.473 e. The van der Waals surface area contributed by atoms with Crippen LogP contribution in [0.15, 0.2) is 61.1 Å². The summed E-state index contributed by atoms with van der Waals surface area (Å²) in [6.07, 6.45) is 6.52. The first-order valence-corrected chi connectivity index (χ1v) is 7.61. The second kappa shape index (κ2) is 7.37. The SMILES string of the molecule is CN/C=C(\C=N)c1nccc2cnc(OCc3ccccc3)cc12. The Labute approximate surface area is 140 Å². The molecule has 0 unspecified atom stereocenters. The van der Waals surface area contributed by atoms with E-state index in [0.717, 1.165) is 22.0 Å². The third kappa shape index (κ3) is 3.41. The average molecular weight is 318 g/mol. The average Bonchev–Trinajstić information content (AvgIpc) is 2.65. The molecule has 2 N–H and O–H groups in total. The normalized spacial score (nSPS) is 11.3. The summed E-state index contributed by atoms with van der Waals surface area (Å²) >= 11 is 0. The van der Waals surface area contributed by atoms with Crippen LogP contribution in [0.4, 0.5) is 0 Å². The van der Waals surface area contributed by atoms with E-state index in [2.05, 4.69) is 15.3 Å². The van der Waals surface area contributed by atoms with Gasteiger partial charge < -0.3 is 15.5 Å². The van der Waals surface area contributed by atoms with Crippen molar-refractivity contribution in [2.75, 3.05) is 7.05 Å². The summed E-state index contributed by atoms with van der Waals surface area (Å²) in [6.45, 7) is 0.457. The molecule has 0 bridgehead atoms. The molecule has 120 valence electrons. The van der Waals surface area contributed by atoms with Crippen LogP contribution in [0.3, 0.4) is 0 Å². The highest BCUT2D eigenvalue weighted by atomic mass is 16.5. The Morgan fingerprint density at radius 2 is 2.04 bits per heavy atom. The number of nitrogens with zero attached hydrogens (tertiary/aromatic N) is 2. The number of rotatable bonds is 6. The Morgan fingerprint density at radius 1 is 1.21 bits per heavy atom. The number of benzene rings is 1. The Hall–Kier alpha value is -3.21. The van der Waals surface area contributed by atoms with E-state index >= 15 is 0 Å². The first kappa shape index (κ1) is 15.7. The van der Waals surface area contributed by atoms with E-state index in [9.17, 15) is 0 Å².